The molecule has 0 aliphatic heterocycles. The topological polar surface area (TPSA) is 172 Å². The van der Waals surface area contributed by atoms with Crippen LogP contribution in [-0.2, 0) is 37.5 Å². The van der Waals surface area contributed by atoms with Crippen LogP contribution in [0.15, 0.2) is 48.6 Å². The second kappa shape index (κ2) is 33.6. The Hall–Kier alpha value is -2.56. The number of carboxylic acids is 1. The van der Waals surface area contributed by atoms with Crippen LogP contribution in [0.1, 0.15) is 142 Å². The van der Waals surface area contributed by atoms with Crippen LogP contribution in [0.4, 0.5) is 0 Å². The second-order valence-electron chi connectivity index (χ2n) is 12.3. The van der Waals surface area contributed by atoms with Crippen molar-refractivity contribution in [3.63, 3.8) is 0 Å². The van der Waals surface area contributed by atoms with E-state index in [-0.39, 0.29) is 19.4 Å². The Labute approximate surface area is 301 Å². The Bertz CT molecular complexity index is 1040. The third-order valence-electron chi connectivity index (χ3n) is 7.59. The van der Waals surface area contributed by atoms with Crippen LogP contribution in [0.5, 0.6) is 0 Å². The van der Waals surface area contributed by atoms with Gasteiger partial charge in [-0.3, -0.25) is 23.4 Å². The number of aliphatic carboxylic acids is 1. The Kier molecular flexibility index (Phi) is 31.9. The van der Waals surface area contributed by atoms with Gasteiger partial charge in [0.05, 0.1) is 13.2 Å². The lowest BCUT2D eigenvalue weighted by Crippen LogP contribution is -2.34. The molecule has 0 radical (unpaired) electrons. The lowest BCUT2D eigenvalue weighted by Gasteiger charge is -2.20. The van der Waals surface area contributed by atoms with Crippen LogP contribution in [0, 0.1) is 0 Å². The number of rotatable bonds is 34. The maximum Gasteiger partial charge on any atom is 0.472 e. The van der Waals surface area contributed by atoms with Crippen LogP contribution in [0.2, 0.25) is 0 Å². The van der Waals surface area contributed by atoms with Crippen LogP contribution < -0.4 is 5.73 Å². The quantitative estimate of drug-likeness (QED) is 0.0250. The Morgan fingerprint density at radius 3 is 1.68 bits per heavy atom. The third kappa shape index (κ3) is 32.6. The van der Waals surface area contributed by atoms with Gasteiger partial charge in [-0.1, -0.05) is 127 Å². The van der Waals surface area contributed by atoms with Gasteiger partial charge in [0.1, 0.15) is 12.6 Å². The van der Waals surface area contributed by atoms with E-state index in [1.54, 1.807) is 0 Å². The van der Waals surface area contributed by atoms with Crippen molar-refractivity contribution in [3.05, 3.63) is 48.6 Å². The molecule has 0 bridgehead atoms. The van der Waals surface area contributed by atoms with Gasteiger partial charge in [-0.05, 0) is 51.4 Å². The molecule has 0 aromatic carbocycles. The summed E-state index contributed by atoms with van der Waals surface area (Å²) >= 11 is 0. The molecule has 11 nitrogen and oxygen atoms in total. The molecule has 3 atom stereocenters. The van der Waals surface area contributed by atoms with Gasteiger partial charge in [-0.15, -0.1) is 0 Å². The molecule has 0 aliphatic carbocycles. The number of esters is 2. The molecular weight excluding hydrogens is 661 g/mol. The molecule has 0 spiro atoms. The first kappa shape index (κ1) is 47.4. The van der Waals surface area contributed by atoms with Crippen molar-refractivity contribution in [1.29, 1.82) is 0 Å². The summed E-state index contributed by atoms with van der Waals surface area (Å²) in [5.74, 6) is -2.42. The highest BCUT2D eigenvalue weighted by Gasteiger charge is 2.28. The number of hydrogen-bond donors (Lipinski definition) is 3. The molecule has 0 amide bonds. The van der Waals surface area contributed by atoms with E-state index in [1.165, 1.54) is 38.5 Å². The van der Waals surface area contributed by atoms with Crippen molar-refractivity contribution in [2.24, 2.45) is 5.73 Å². The predicted molar refractivity (Wildman–Crippen MR) is 198 cm³/mol. The summed E-state index contributed by atoms with van der Waals surface area (Å²) in [7, 11) is -4.70. The summed E-state index contributed by atoms with van der Waals surface area (Å²) in [4.78, 5) is 45.2. The zero-order valence-electron chi connectivity index (χ0n) is 30.7. The molecule has 0 fully saturated rings. The van der Waals surface area contributed by atoms with Gasteiger partial charge in [0, 0.05) is 12.8 Å². The Balaban J connectivity index is 4.11. The summed E-state index contributed by atoms with van der Waals surface area (Å²) < 4.78 is 32.2. The number of allylic oxidation sites excluding steroid dienone is 8. The van der Waals surface area contributed by atoms with Crippen molar-refractivity contribution in [3.8, 4) is 0 Å². The SMILES string of the molecule is CC/C=C\C/C=C\C/C=C\C/C=C\CCCCCCCCCCCCC(=O)OC(COC(=O)CCCCC)COP(=O)(O)OCC(N)C(=O)O. The minimum atomic E-state index is -4.70. The minimum absolute atomic E-state index is 0.154. The molecule has 0 aliphatic rings. The first-order valence-electron chi connectivity index (χ1n) is 18.7. The van der Waals surface area contributed by atoms with Crippen LogP contribution in [-0.4, -0.2) is 59.9 Å². The van der Waals surface area contributed by atoms with Crippen LogP contribution in [0.3, 0.4) is 0 Å². The highest BCUT2D eigenvalue weighted by atomic mass is 31.2. The summed E-state index contributed by atoms with van der Waals surface area (Å²) in [5, 5.41) is 8.81. The molecule has 0 rings (SSSR count). The largest absolute Gasteiger partial charge is 0.480 e. The standard InChI is InChI=1S/C38H66NO10P/c1-3-5-7-8-9-10-11-12-13-14-15-16-17-18-19-20-21-22-23-24-25-26-28-30-37(41)49-34(31-46-36(40)29-27-6-4-2)32-47-50(44,45)48-33-35(39)38(42)43/h5,7,9-10,12-13,15-16,34-35H,3-4,6,8,11,14,17-33,39H2,1-2H3,(H,42,43)(H,44,45)/b7-5-,10-9-,13-12-,16-15-. The molecule has 0 aromatic rings. The molecular formula is C38H66NO10P. The van der Waals surface area contributed by atoms with E-state index in [9.17, 15) is 23.8 Å². The molecule has 50 heavy (non-hydrogen) atoms. The number of nitrogens with two attached hydrogens (primary N) is 1. The van der Waals surface area contributed by atoms with E-state index in [0.29, 0.717) is 12.8 Å². The summed E-state index contributed by atoms with van der Waals surface area (Å²) in [5.41, 5.74) is 5.28. The maximum atomic E-state index is 12.5. The number of unbranched alkanes of at least 4 members (excludes halogenated alkanes) is 12. The predicted octanol–water partition coefficient (Wildman–Crippen LogP) is 9.05. The minimum Gasteiger partial charge on any atom is -0.480 e. The highest BCUT2D eigenvalue weighted by molar-refractivity contribution is 7.47. The van der Waals surface area contributed by atoms with E-state index in [0.717, 1.165) is 64.2 Å². The average Bonchev–Trinajstić information content (AvgIpc) is 3.08. The van der Waals surface area contributed by atoms with E-state index in [2.05, 4.69) is 60.1 Å². The van der Waals surface area contributed by atoms with E-state index < -0.39 is 51.1 Å². The number of hydrogen-bond acceptors (Lipinski definition) is 9. The van der Waals surface area contributed by atoms with E-state index in [1.807, 2.05) is 6.92 Å². The molecule has 0 aromatic heterocycles. The zero-order valence-corrected chi connectivity index (χ0v) is 31.6. The average molecular weight is 728 g/mol. The van der Waals surface area contributed by atoms with E-state index in [4.69, 9.17) is 24.8 Å². The first-order chi connectivity index (χ1) is 24.1. The Morgan fingerprint density at radius 1 is 0.640 bits per heavy atom. The number of carboxylic acid groups (broad SMARTS) is 1. The van der Waals surface area contributed by atoms with Crippen LogP contribution in [0.25, 0.3) is 0 Å². The molecule has 288 valence electrons. The summed E-state index contributed by atoms with van der Waals surface area (Å²) in [6.45, 7) is 2.46. The van der Waals surface area contributed by atoms with Crippen molar-refractivity contribution in [2.75, 3.05) is 19.8 Å². The van der Waals surface area contributed by atoms with Gasteiger partial charge in [0.2, 0.25) is 0 Å². The van der Waals surface area contributed by atoms with Crippen molar-refractivity contribution in [2.45, 2.75) is 154 Å². The third-order valence-corrected chi connectivity index (χ3v) is 8.54. The molecule has 3 unspecified atom stereocenters. The fraction of sp³-hybridized carbons (Fsp3) is 0.711. The van der Waals surface area contributed by atoms with Crippen molar-refractivity contribution >= 4 is 25.7 Å². The number of ether oxygens (including phenoxy) is 2. The number of carbonyl (C=O) groups is 3. The van der Waals surface area contributed by atoms with Gasteiger partial charge in [-0.2, -0.15) is 0 Å². The van der Waals surface area contributed by atoms with Gasteiger partial charge in [0.25, 0.3) is 0 Å². The zero-order chi connectivity index (χ0) is 37.1. The van der Waals surface area contributed by atoms with Gasteiger partial charge < -0.3 is 25.2 Å². The Morgan fingerprint density at radius 2 is 1.12 bits per heavy atom. The number of phosphoric acid groups is 1. The molecule has 4 N–H and O–H groups in total. The van der Waals surface area contributed by atoms with E-state index >= 15 is 0 Å². The second-order valence-corrected chi connectivity index (χ2v) is 13.8. The lowest BCUT2D eigenvalue weighted by molar-refractivity contribution is -0.161. The monoisotopic (exact) mass is 727 g/mol. The number of carbonyl (C=O) groups excluding carboxylic acids is 2. The first-order valence-corrected chi connectivity index (χ1v) is 20.2. The van der Waals surface area contributed by atoms with Gasteiger partial charge in [0.15, 0.2) is 6.10 Å². The van der Waals surface area contributed by atoms with Crippen LogP contribution >= 0.6 is 7.82 Å². The normalized spacial score (nSPS) is 14.5. The van der Waals surface area contributed by atoms with Gasteiger partial charge >= 0.3 is 25.7 Å². The number of phosphoric ester groups is 1. The smallest absolute Gasteiger partial charge is 0.472 e. The molecule has 12 heteroatoms. The summed E-state index contributed by atoms with van der Waals surface area (Å²) in [6, 6.07) is -1.52. The fourth-order valence-electron chi connectivity index (χ4n) is 4.64. The van der Waals surface area contributed by atoms with Gasteiger partial charge in [-0.25, -0.2) is 4.57 Å². The molecule has 0 saturated heterocycles. The lowest BCUT2D eigenvalue weighted by atomic mass is 10.0. The fourth-order valence-corrected chi connectivity index (χ4v) is 5.42. The highest BCUT2D eigenvalue weighted by Crippen LogP contribution is 2.43. The summed E-state index contributed by atoms with van der Waals surface area (Å²) in [6.07, 6.45) is 35.7. The van der Waals surface area contributed by atoms with Crippen molar-refractivity contribution in [1.82, 2.24) is 0 Å². The van der Waals surface area contributed by atoms with Crippen molar-refractivity contribution < 1.29 is 47.5 Å². The molecule has 0 saturated carbocycles. The maximum absolute atomic E-state index is 12.5. The molecule has 0 heterocycles.